The predicted octanol–water partition coefficient (Wildman–Crippen LogP) is 4.83. The number of nitrogens with zero attached hydrogens (tertiary/aromatic N) is 4. The van der Waals surface area contributed by atoms with Gasteiger partial charge in [-0.2, -0.15) is 26.3 Å². The quantitative estimate of drug-likeness (QED) is 0.471. The van der Waals surface area contributed by atoms with E-state index in [9.17, 15) is 35.9 Å². The highest BCUT2D eigenvalue weighted by Gasteiger charge is 2.37. The van der Waals surface area contributed by atoms with Gasteiger partial charge in [0.2, 0.25) is 0 Å². The molecule has 1 N–H and O–H groups in total. The number of alkyl halides is 6. The molecule has 1 fully saturated rings. The molecule has 0 atom stereocenters. The van der Waals surface area contributed by atoms with E-state index >= 15 is 0 Å². The first kappa shape index (κ1) is 25.3. The fourth-order valence-corrected chi connectivity index (χ4v) is 4.17. The summed E-state index contributed by atoms with van der Waals surface area (Å²) in [6, 6.07) is 8.53. The van der Waals surface area contributed by atoms with E-state index in [1.54, 1.807) is 4.90 Å². The average Bonchev–Trinajstić information content (AvgIpc) is 3.02. The van der Waals surface area contributed by atoms with Crippen LogP contribution in [-0.2, 0) is 12.4 Å². The van der Waals surface area contributed by atoms with E-state index in [0.29, 0.717) is 0 Å². The normalized spacial score (nSPS) is 15.7. The van der Waals surface area contributed by atoms with Gasteiger partial charge in [0.05, 0.1) is 22.4 Å². The number of fused-ring (bicyclic) bond motifs is 2. The molecule has 198 valence electrons. The van der Waals surface area contributed by atoms with Crippen molar-refractivity contribution in [3.05, 3.63) is 70.8 Å². The van der Waals surface area contributed by atoms with E-state index in [0.717, 1.165) is 30.3 Å². The minimum atomic E-state index is -4.68. The van der Waals surface area contributed by atoms with Crippen LogP contribution < -0.4 is 15.0 Å². The number of aromatic nitrogens is 2. The van der Waals surface area contributed by atoms with Crippen molar-refractivity contribution in [2.24, 2.45) is 0 Å². The molecular formula is C24H17F6N5O3. The molecule has 38 heavy (non-hydrogen) atoms. The third-order valence-electron chi connectivity index (χ3n) is 6.11. The molecule has 0 spiro atoms. The molecule has 2 aliphatic heterocycles. The Labute approximate surface area is 210 Å². The van der Waals surface area contributed by atoms with Crippen LogP contribution in [0.5, 0.6) is 11.6 Å². The van der Waals surface area contributed by atoms with E-state index in [2.05, 4.69) is 15.5 Å². The summed E-state index contributed by atoms with van der Waals surface area (Å²) in [6.07, 6.45) is -9.30. The summed E-state index contributed by atoms with van der Waals surface area (Å²) in [4.78, 5) is 28.5. The second-order valence-corrected chi connectivity index (χ2v) is 8.51. The van der Waals surface area contributed by atoms with Crippen molar-refractivity contribution in [3.63, 3.8) is 0 Å². The summed E-state index contributed by atoms with van der Waals surface area (Å²) >= 11 is 0. The van der Waals surface area contributed by atoms with Crippen molar-refractivity contribution in [3.8, 4) is 11.6 Å². The number of carbonyl (C=O) groups excluding carboxylic acids is 2. The van der Waals surface area contributed by atoms with Crippen LogP contribution >= 0.6 is 0 Å². The largest absolute Gasteiger partial charge is 0.435 e. The van der Waals surface area contributed by atoms with Crippen LogP contribution in [0.4, 0.5) is 37.8 Å². The topological polar surface area (TPSA) is 87.7 Å². The molecule has 3 aromatic rings. The Hall–Kier alpha value is -4.36. The van der Waals surface area contributed by atoms with E-state index in [1.165, 1.54) is 23.1 Å². The van der Waals surface area contributed by atoms with Gasteiger partial charge in [-0.25, -0.2) is 0 Å². The minimum absolute atomic E-state index is 0.0221. The molecule has 0 saturated carbocycles. The molecule has 2 aliphatic rings. The standard InChI is InChI=1S/C24H17F6N5O3/c25-23(26,27)13-5-6-17-18(11-13)38-21-15(20(36)31-17)12-19(32-33-21)34-7-9-35(10-8-34)22(37)14-3-1-2-4-16(14)24(28,29)30/h1-6,11-12H,7-10H2,(H,31,36). The predicted molar refractivity (Wildman–Crippen MR) is 121 cm³/mol. The summed E-state index contributed by atoms with van der Waals surface area (Å²) in [5, 5.41) is 10.4. The fourth-order valence-electron chi connectivity index (χ4n) is 4.17. The second kappa shape index (κ2) is 9.19. The van der Waals surface area contributed by atoms with Crippen LogP contribution in [0.2, 0.25) is 0 Å². The fraction of sp³-hybridized carbons (Fsp3) is 0.250. The first-order valence-electron chi connectivity index (χ1n) is 11.2. The zero-order chi connectivity index (χ0) is 27.2. The maximum absolute atomic E-state index is 13.3. The number of ether oxygens (including phenoxy) is 1. The lowest BCUT2D eigenvalue weighted by Crippen LogP contribution is -2.49. The van der Waals surface area contributed by atoms with Gasteiger partial charge in [-0.1, -0.05) is 12.1 Å². The Kier molecular flexibility index (Phi) is 6.12. The summed E-state index contributed by atoms with van der Waals surface area (Å²) in [6.45, 7) is 0.534. The number of rotatable bonds is 2. The monoisotopic (exact) mass is 537 g/mol. The smallest absolute Gasteiger partial charge is 0.417 e. The lowest BCUT2D eigenvalue weighted by atomic mass is 10.1. The Balaban J connectivity index is 1.32. The molecule has 5 rings (SSSR count). The lowest BCUT2D eigenvalue weighted by molar-refractivity contribution is -0.138. The van der Waals surface area contributed by atoms with Crippen LogP contribution in [0.15, 0.2) is 48.5 Å². The van der Waals surface area contributed by atoms with Crippen molar-refractivity contribution < 1.29 is 40.7 Å². The van der Waals surface area contributed by atoms with Crippen LogP contribution in [0.3, 0.4) is 0 Å². The number of halogens is 6. The SMILES string of the molecule is O=C1Nc2ccc(C(F)(F)F)cc2Oc2nnc(N3CCN(C(=O)c4ccccc4C(F)(F)F)CC3)cc21. The first-order chi connectivity index (χ1) is 17.9. The van der Waals surface area contributed by atoms with Crippen molar-refractivity contribution in [2.45, 2.75) is 12.4 Å². The molecule has 1 saturated heterocycles. The van der Waals surface area contributed by atoms with Crippen molar-refractivity contribution in [2.75, 3.05) is 36.4 Å². The molecule has 0 bridgehead atoms. The van der Waals surface area contributed by atoms with Gasteiger partial charge in [-0.05, 0) is 30.3 Å². The maximum Gasteiger partial charge on any atom is 0.417 e. The number of carbonyl (C=O) groups is 2. The summed E-state index contributed by atoms with van der Waals surface area (Å²) in [5.74, 6) is -1.74. The van der Waals surface area contributed by atoms with Crippen molar-refractivity contribution in [1.29, 1.82) is 0 Å². The third kappa shape index (κ3) is 4.80. The van der Waals surface area contributed by atoms with Gasteiger partial charge in [-0.3, -0.25) is 9.59 Å². The molecular weight excluding hydrogens is 520 g/mol. The molecule has 8 nitrogen and oxygen atoms in total. The van der Waals surface area contributed by atoms with Gasteiger partial charge in [0, 0.05) is 32.2 Å². The number of amides is 2. The van der Waals surface area contributed by atoms with Crippen molar-refractivity contribution in [1.82, 2.24) is 15.1 Å². The molecule has 2 aromatic carbocycles. The number of hydrogen-bond acceptors (Lipinski definition) is 6. The first-order valence-corrected chi connectivity index (χ1v) is 11.2. The molecule has 0 radical (unpaired) electrons. The number of nitrogens with one attached hydrogen (secondary N) is 1. The van der Waals surface area contributed by atoms with E-state index in [4.69, 9.17) is 4.74 Å². The van der Waals surface area contributed by atoms with Gasteiger partial charge in [-0.15, -0.1) is 10.2 Å². The highest BCUT2D eigenvalue weighted by atomic mass is 19.4. The van der Waals surface area contributed by atoms with Gasteiger partial charge >= 0.3 is 12.4 Å². The summed E-state index contributed by atoms with van der Waals surface area (Å²) in [5.41, 5.74) is -2.48. The van der Waals surface area contributed by atoms with Crippen LogP contribution in [0.1, 0.15) is 31.8 Å². The van der Waals surface area contributed by atoms with E-state index in [1.807, 2.05) is 0 Å². The Morgan fingerprint density at radius 2 is 1.61 bits per heavy atom. The van der Waals surface area contributed by atoms with Gasteiger partial charge in [0.15, 0.2) is 11.6 Å². The Morgan fingerprint density at radius 3 is 2.29 bits per heavy atom. The number of anilines is 2. The molecule has 3 heterocycles. The average molecular weight is 537 g/mol. The minimum Gasteiger partial charge on any atom is -0.435 e. The van der Waals surface area contributed by atoms with E-state index in [-0.39, 0.29) is 54.9 Å². The zero-order valence-electron chi connectivity index (χ0n) is 19.2. The number of piperazine rings is 1. The third-order valence-corrected chi connectivity index (χ3v) is 6.11. The zero-order valence-corrected chi connectivity index (χ0v) is 19.2. The number of benzene rings is 2. The second-order valence-electron chi connectivity index (χ2n) is 8.51. The van der Waals surface area contributed by atoms with Crippen LogP contribution in [-0.4, -0.2) is 53.1 Å². The Bertz CT molecular complexity index is 1420. The van der Waals surface area contributed by atoms with Crippen LogP contribution in [0.25, 0.3) is 0 Å². The molecule has 0 unspecified atom stereocenters. The van der Waals surface area contributed by atoms with Gasteiger partial charge < -0.3 is 19.9 Å². The van der Waals surface area contributed by atoms with Crippen molar-refractivity contribution >= 4 is 23.3 Å². The van der Waals surface area contributed by atoms with E-state index < -0.39 is 40.9 Å². The highest BCUT2D eigenvalue weighted by Crippen LogP contribution is 2.40. The van der Waals surface area contributed by atoms with Gasteiger partial charge in [0.25, 0.3) is 17.7 Å². The molecule has 1 aromatic heterocycles. The maximum atomic E-state index is 13.3. The number of hydrogen-bond donors (Lipinski definition) is 1. The Morgan fingerprint density at radius 1 is 0.895 bits per heavy atom. The molecule has 2 amide bonds. The summed E-state index contributed by atoms with van der Waals surface area (Å²) < 4.78 is 84.7. The molecule has 0 aliphatic carbocycles. The highest BCUT2D eigenvalue weighted by molar-refractivity contribution is 6.08. The molecule has 14 heteroatoms. The lowest BCUT2D eigenvalue weighted by Gasteiger charge is -2.35. The summed E-state index contributed by atoms with van der Waals surface area (Å²) in [7, 11) is 0. The van der Waals surface area contributed by atoms with Gasteiger partial charge in [0.1, 0.15) is 5.56 Å². The van der Waals surface area contributed by atoms with Crippen LogP contribution in [0, 0.1) is 0 Å².